The molecule has 1 aromatic rings. The molecule has 0 saturated carbocycles. The van der Waals surface area contributed by atoms with E-state index in [1.54, 1.807) is 22.6 Å². The Bertz CT molecular complexity index is 465. The Balaban J connectivity index is 3.22. The molecule has 0 atom stereocenters. The number of rotatable bonds is 5. The van der Waals surface area contributed by atoms with Gasteiger partial charge >= 0.3 is 0 Å². The fourth-order valence-corrected chi connectivity index (χ4v) is 1.69. The van der Waals surface area contributed by atoms with Crippen LogP contribution < -0.4 is 5.32 Å². The van der Waals surface area contributed by atoms with Crippen molar-refractivity contribution in [2.24, 2.45) is 0 Å². The van der Waals surface area contributed by atoms with Gasteiger partial charge in [-0.05, 0) is 29.5 Å². The van der Waals surface area contributed by atoms with E-state index < -0.39 is 29.5 Å². The van der Waals surface area contributed by atoms with Crippen LogP contribution in [-0.2, 0) is 0 Å². The van der Waals surface area contributed by atoms with Crippen LogP contribution in [0.25, 0.3) is 0 Å². The normalized spacial score (nSPS) is 11.4. The van der Waals surface area contributed by atoms with Gasteiger partial charge in [0.15, 0.2) is 0 Å². The number of benzene rings is 1. The summed E-state index contributed by atoms with van der Waals surface area (Å²) in [7, 11) is 0. The van der Waals surface area contributed by atoms with Crippen LogP contribution in [0.1, 0.15) is 6.92 Å². The maximum atomic E-state index is 13.4. The summed E-state index contributed by atoms with van der Waals surface area (Å²) in [6, 6.07) is 2.07. The number of hydrogen-bond donors (Lipinski definition) is 3. The van der Waals surface area contributed by atoms with Crippen molar-refractivity contribution in [2.75, 3.05) is 18.5 Å². The number of nitro groups is 1. The molecule has 0 bridgehead atoms. The van der Waals surface area contributed by atoms with E-state index in [-0.39, 0.29) is 14.9 Å². The third kappa shape index (κ3) is 3.27. The summed E-state index contributed by atoms with van der Waals surface area (Å²) in [5.41, 5.74) is -1.55. The summed E-state index contributed by atoms with van der Waals surface area (Å²) >= 11 is 1.65. The van der Waals surface area contributed by atoms with E-state index >= 15 is 0 Å². The Morgan fingerprint density at radius 3 is 2.50 bits per heavy atom. The van der Waals surface area contributed by atoms with Gasteiger partial charge < -0.3 is 15.5 Å². The van der Waals surface area contributed by atoms with Gasteiger partial charge in [-0.1, -0.05) is 0 Å². The van der Waals surface area contributed by atoms with Gasteiger partial charge in [0.25, 0.3) is 5.69 Å². The van der Waals surface area contributed by atoms with E-state index in [2.05, 4.69) is 5.32 Å². The summed E-state index contributed by atoms with van der Waals surface area (Å²) in [6.07, 6.45) is 0. The van der Waals surface area contributed by atoms with Crippen molar-refractivity contribution in [3.05, 3.63) is 31.6 Å². The zero-order valence-corrected chi connectivity index (χ0v) is 11.6. The minimum absolute atomic E-state index is 0.0801. The average molecular weight is 370 g/mol. The Labute approximate surface area is 116 Å². The molecule has 0 aliphatic carbocycles. The second-order valence-corrected chi connectivity index (χ2v) is 5.20. The minimum Gasteiger partial charge on any atom is -0.394 e. The second-order valence-electron chi connectivity index (χ2n) is 4.04. The molecule has 0 unspecified atom stereocenters. The molecule has 0 spiro atoms. The predicted molar refractivity (Wildman–Crippen MR) is 72.0 cm³/mol. The third-order valence-corrected chi connectivity index (χ3v) is 3.20. The monoisotopic (exact) mass is 370 g/mol. The number of nitrogens with one attached hydrogen (secondary N) is 1. The summed E-state index contributed by atoms with van der Waals surface area (Å²) in [5.74, 6) is -0.609. The average Bonchev–Trinajstić information content (AvgIpc) is 2.33. The molecule has 0 aliphatic heterocycles. The Morgan fingerprint density at radius 2 is 2.06 bits per heavy atom. The molecule has 0 heterocycles. The number of aliphatic hydroxyl groups is 2. The van der Waals surface area contributed by atoms with Crippen LogP contribution in [0.2, 0.25) is 0 Å². The lowest BCUT2D eigenvalue weighted by atomic mass is 10.0. The fourth-order valence-electron chi connectivity index (χ4n) is 1.24. The lowest BCUT2D eigenvalue weighted by Crippen LogP contribution is -2.42. The van der Waals surface area contributed by atoms with E-state index in [1.165, 1.54) is 6.92 Å². The van der Waals surface area contributed by atoms with Crippen LogP contribution in [0.15, 0.2) is 12.1 Å². The molecular weight excluding hydrogens is 358 g/mol. The van der Waals surface area contributed by atoms with Gasteiger partial charge in [-0.15, -0.1) is 0 Å². The van der Waals surface area contributed by atoms with Crippen LogP contribution in [-0.4, -0.2) is 33.9 Å². The van der Waals surface area contributed by atoms with Gasteiger partial charge in [0, 0.05) is 12.1 Å². The second kappa shape index (κ2) is 5.76. The van der Waals surface area contributed by atoms with Crippen molar-refractivity contribution in [3.8, 4) is 0 Å². The van der Waals surface area contributed by atoms with Gasteiger partial charge in [0.05, 0.1) is 27.2 Å². The maximum Gasteiger partial charge on any atom is 0.293 e. The maximum absolute atomic E-state index is 13.4. The number of hydrogen-bond acceptors (Lipinski definition) is 5. The summed E-state index contributed by atoms with van der Waals surface area (Å²) < 4.78 is 13.5. The topological polar surface area (TPSA) is 95.6 Å². The first kappa shape index (κ1) is 15.1. The third-order valence-electron chi connectivity index (χ3n) is 2.37. The van der Waals surface area contributed by atoms with Gasteiger partial charge in [-0.25, -0.2) is 4.39 Å². The van der Waals surface area contributed by atoms with Crippen molar-refractivity contribution in [3.63, 3.8) is 0 Å². The summed E-state index contributed by atoms with van der Waals surface area (Å²) in [6.45, 7) is 0.565. The minimum atomic E-state index is -1.16. The molecule has 18 heavy (non-hydrogen) atoms. The Kier molecular flexibility index (Phi) is 4.82. The molecular formula is C10H12FIN2O4. The highest BCUT2D eigenvalue weighted by molar-refractivity contribution is 14.1. The van der Waals surface area contributed by atoms with E-state index in [9.17, 15) is 14.5 Å². The van der Waals surface area contributed by atoms with Crippen molar-refractivity contribution >= 4 is 34.0 Å². The van der Waals surface area contributed by atoms with Crippen molar-refractivity contribution < 1.29 is 19.5 Å². The van der Waals surface area contributed by atoms with Crippen molar-refractivity contribution in [1.82, 2.24) is 0 Å². The highest BCUT2D eigenvalue weighted by atomic mass is 127. The molecule has 0 radical (unpaired) electrons. The molecule has 6 nitrogen and oxygen atoms in total. The standard InChI is InChI=1S/C10H12FIN2O4/c1-10(4-15,5-16)13-8-2-6(11)7(12)3-9(8)14(17)18/h2-3,13,15-16H,4-5H2,1H3. The van der Waals surface area contributed by atoms with Crippen LogP contribution in [0, 0.1) is 19.5 Å². The molecule has 0 fully saturated rings. The lowest BCUT2D eigenvalue weighted by Gasteiger charge is -2.27. The molecule has 0 aromatic heterocycles. The first-order chi connectivity index (χ1) is 8.33. The SMILES string of the molecule is CC(CO)(CO)Nc1cc(F)c(I)cc1[N+](=O)[O-]. The molecule has 3 N–H and O–H groups in total. The summed E-state index contributed by atoms with van der Waals surface area (Å²) in [5, 5.41) is 31.7. The molecule has 0 saturated heterocycles. The molecule has 1 rings (SSSR count). The first-order valence-corrected chi connectivity index (χ1v) is 6.04. The number of anilines is 1. The van der Waals surface area contributed by atoms with E-state index in [0.717, 1.165) is 12.1 Å². The smallest absolute Gasteiger partial charge is 0.293 e. The van der Waals surface area contributed by atoms with E-state index in [4.69, 9.17) is 10.2 Å². The number of nitrogens with zero attached hydrogens (tertiary/aromatic N) is 1. The van der Waals surface area contributed by atoms with Crippen LogP contribution in [0.3, 0.4) is 0 Å². The zero-order chi connectivity index (χ0) is 13.9. The highest BCUT2D eigenvalue weighted by Crippen LogP contribution is 2.30. The van der Waals surface area contributed by atoms with Gasteiger partial charge in [-0.3, -0.25) is 10.1 Å². The number of aliphatic hydroxyl groups excluding tert-OH is 2. The molecule has 0 amide bonds. The van der Waals surface area contributed by atoms with Crippen molar-refractivity contribution in [1.29, 1.82) is 0 Å². The highest BCUT2D eigenvalue weighted by Gasteiger charge is 2.27. The van der Waals surface area contributed by atoms with Crippen molar-refractivity contribution in [2.45, 2.75) is 12.5 Å². The van der Waals surface area contributed by atoms with Gasteiger partial charge in [-0.2, -0.15) is 0 Å². The Morgan fingerprint density at radius 1 is 1.50 bits per heavy atom. The van der Waals surface area contributed by atoms with Gasteiger partial charge in [0.1, 0.15) is 11.5 Å². The number of halogens is 2. The number of nitro benzene ring substituents is 1. The fraction of sp³-hybridized carbons (Fsp3) is 0.400. The quantitative estimate of drug-likeness (QED) is 0.415. The van der Waals surface area contributed by atoms with E-state index in [0.29, 0.717) is 0 Å². The largest absolute Gasteiger partial charge is 0.394 e. The zero-order valence-electron chi connectivity index (χ0n) is 9.48. The molecule has 0 aliphatic rings. The first-order valence-electron chi connectivity index (χ1n) is 4.96. The van der Waals surface area contributed by atoms with Crippen LogP contribution in [0.5, 0.6) is 0 Å². The van der Waals surface area contributed by atoms with Gasteiger partial charge in [0.2, 0.25) is 0 Å². The van der Waals surface area contributed by atoms with Crippen LogP contribution in [0.4, 0.5) is 15.8 Å². The lowest BCUT2D eigenvalue weighted by molar-refractivity contribution is -0.384. The molecule has 8 heteroatoms. The summed E-state index contributed by atoms with van der Waals surface area (Å²) in [4.78, 5) is 10.2. The predicted octanol–water partition coefficient (Wildman–Crippen LogP) is 1.49. The molecule has 1 aromatic carbocycles. The Hall–Kier alpha value is -1.00. The van der Waals surface area contributed by atoms with Crippen LogP contribution >= 0.6 is 22.6 Å². The molecule has 100 valence electrons. The van der Waals surface area contributed by atoms with E-state index in [1.807, 2.05) is 0 Å².